The van der Waals surface area contributed by atoms with Crippen molar-refractivity contribution in [1.29, 1.82) is 5.41 Å². The zero-order valence-corrected chi connectivity index (χ0v) is 15.7. The van der Waals surface area contributed by atoms with Gasteiger partial charge in [0, 0.05) is 6.54 Å². The van der Waals surface area contributed by atoms with Crippen molar-refractivity contribution in [2.45, 2.75) is 31.8 Å². The maximum absolute atomic E-state index is 12.4. The fourth-order valence-corrected chi connectivity index (χ4v) is 3.89. The quantitative estimate of drug-likeness (QED) is 0.410. The maximum atomic E-state index is 12.4. The van der Waals surface area contributed by atoms with Crippen LogP contribution in [-0.4, -0.2) is 12.0 Å². The van der Waals surface area contributed by atoms with Crippen molar-refractivity contribution >= 4 is 22.8 Å². The van der Waals surface area contributed by atoms with E-state index in [4.69, 9.17) is 5.41 Å². The number of carbonyl (C=O) groups excluding carboxylic acids is 1. The number of nitrogens with one attached hydrogen (secondary N) is 4. The molecule has 3 aromatic rings. The Morgan fingerprint density at radius 1 is 1.00 bits per heavy atom. The van der Waals surface area contributed by atoms with Crippen LogP contribution in [0.25, 0.3) is 10.8 Å². The van der Waals surface area contributed by atoms with E-state index < -0.39 is 0 Å². The lowest BCUT2D eigenvalue weighted by atomic mass is 9.88. The van der Waals surface area contributed by atoms with E-state index in [0.29, 0.717) is 6.54 Å². The number of urea groups is 1. The Morgan fingerprint density at radius 3 is 2.71 bits per heavy atom. The summed E-state index contributed by atoms with van der Waals surface area (Å²) in [5.74, 6) is -0.00507. The van der Waals surface area contributed by atoms with Crippen molar-refractivity contribution in [1.82, 2.24) is 16.0 Å². The first-order valence-corrected chi connectivity index (χ1v) is 9.65. The van der Waals surface area contributed by atoms with Crippen LogP contribution in [0, 0.1) is 5.41 Å². The molecule has 5 nitrogen and oxygen atoms in total. The van der Waals surface area contributed by atoms with E-state index in [1.54, 1.807) is 0 Å². The molecular formula is C23H24N4O. The monoisotopic (exact) mass is 372 g/mol. The molecule has 2 amide bonds. The Morgan fingerprint density at radius 2 is 1.79 bits per heavy atom. The van der Waals surface area contributed by atoms with Gasteiger partial charge in [-0.15, -0.1) is 0 Å². The van der Waals surface area contributed by atoms with Gasteiger partial charge < -0.3 is 10.6 Å². The van der Waals surface area contributed by atoms with Crippen LogP contribution < -0.4 is 16.0 Å². The average molecular weight is 372 g/mol. The third-order valence-corrected chi connectivity index (χ3v) is 5.25. The van der Waals surface area contributed by atoms with Gasteiger partial charge in [0.1, 0.15) is 0 Å². The molecule has 0 aliphatic heterocycles. The van der Waals surface area contributed by atoms with Gasteiger partial charge in [-0.1, -0.05) is 66.7 Å². The molecule has 28 heavy (non-hydrogen) atoms. The molecular weight excluding hydrogens is 348 g/mol. The summed E-state index contributed by atoms with van der Waals surface area (Å²) in [7, 11) is 0. The molecule has 1 aliphatic rings. The lowest BCUT2D eigenvalue weighted by Gasteiger charge is -2.26. The second-order valence-electron chi connectivity index (χ2n) is 7.11. The normalized spacial score (nSPS) is 15.5. The topological polar surface area (TPSA) is 77.0 Å². The van der Waals surface area contributed by atoms with Gasteiger partial charge in [0.15, 0.2) is 5.96 Å². The summed E-state index contributed by atoms with van der Waals surface area (Å²) < 4.78 is 0. The van der Waals surface area contributed by atoms with Gasteiger partial charge in [-0.25, -0.2) is 4.79 Å². The third-order valence-electron chi connectivity index (χ3n) is 5.25. The molecule has 0 fully saturated rings. The van der Waals surface area contributed by atoms with Crippen molar-refractivity contribution in [3.05, 3.63) is 83.4 Å². The third kappa shape index (κ3) is 3.98. The van der Waals surface area contributed by atoms with E-state index in [0.717, 1.165) is 35.6 Å². The number of hydrogen-bond acceptors (Lipinski definition) is 2. The minimum Gasteiger partial charge on any atom is -0.352 e. The number of amides is 2. The first-order chi connectivity index (χ1) is 13.7. The standard InChI is InChI=1S/C23H24N4O/c24-22(25-15-18-11-5-9-16-7-1-3-12-19(16)18)27-23(28)26-21-14-6-10-17-8-2-4-13-20(17)21/h1-5,7-9,11-13,21H,6,10,14-15H2,(H4,24,25,26,27,28). The molecule has 1 aliphatic carbocycles. The van der Waals surface area contributed by atoms with Gasteiger partial charge in [0.2, 0.25) is 0 Å². The lowest BCUT2D eigenvalue weighted by molar-refractivity contribution is 0.239. The second kappa shape index (κ2) is 8.13. The fraction of sp³-hybridized carbons (Fsp3) is 0.217. The Bertz CT molecular complexity index is 1010. The Labute approximate surface area is 164 Å². The minimum atomic E-state index is -0.350. The molecule has 4 N–H and O–H groups in total. The van der Waals surface area contributed by atoms with E-state index in [-0.39, 0.29) is 18.0 Å². The predicted molar refractivity (Wildman–Crippen MR) is 112 cm³/mol. The molecule has 0 saturated carbocycles. The van der Waals surface area contributed by atoms with Gasteiger partial charge in [-0.05, 0) is 46.7 Å². The Kier molecular flexibility index (Phi) is 5.24. The van der Waals surface area contributed by atoms with Crippen molar-refractivity contribution < 1.29 is 4.79 Å². The largest absolute Gasteiger partial charge is 0.352 e. The maximum Gasteiger partial charge on any atom is 0.322 e. The van der Waals surface area contributed by atoms with Crippen LogP contribution >= 0.6 is 0 Å². The van der Waals surface area contributed by atoms with Crippen LogP contribution in [0.4, 0.5) is 4.79 Å². The van der Waals surface area contributed by atoms with E-state index >= 15 is 0 Å². The molecule has 0 spiro atoms. The zero-order chi connectivity index (χ0) is 19.3. The van der Waals surface area contributed by atoms with Crippen molar-refractivity contribution in [2.75, 3.05) is 0 Å². The number of benzene rings is 3. The molecule has 1 unspecified atom stereocenters. The van der Waals surface area contributed by atoms with Crippen LogP contribution in [0.3, 0.4) is 0 Å². The molecule has 5 heteroatoms. The number of guanidine groups is 1. The molecule has 142 valence electrons. The smallest absolute Gasteiger partial charge is 0.322 e. The van der Waals surface area contributed by atoms with Crippen molar-refractivity contribution in [3.8, 4) is 0 Å². The van der Waals surface area contributed by atoms with E-state index in [9.17, 15) is 4.79 Å². The summed E-state index contributed by atoms with van der Waals surface area (Å²) in [5.41, 5.74) is 3.56. The fourth-order valence-electron chi connectivity index (χ4n) is 3.89. The first kappa shape index (κ1) is 18.0. The Balaban J connectivity index is 1.33. The van der Waals surface area contributed by atoms with Crippen LogP contribution in [0.5, 0.6) is 0 Å². The number of fused-ring (bicyclic) bond motifs is 2. The Hall–Kier alpha value is -3.34. The first-order valence-electron chi connectivity index (χ1n) is 9.65. The molecule has 4 rings (SSSR count). The average Bonchev–Trinajstić information content (AvgIpc) is 2.72. The van der Waals surface area contributed by atoms with Gasteiger partial charge in [-0.2, -0.15) is 0 Å². The van der Waals surface area contributed by atoms with Crippen molar-refractivity contribution in [3.63, 3.8) is 0 Å². The molecule has 0 saturated heterocycles. The highest BCUT2D eigenvalue weighted by Gasteiger charge is 2.21. The number of carbonyl (C=O) groups is 1. The van der Waals surface area contributed by atoms with Crippen LogP contribution in [0.2, 0.25) is 0 Å². The number of rotatable bonds is 3. The summed E-state index contributed by atoms with van der Waals surface area (Å²) in [6.07, 6.45) is 3.03. The molecule has 0 aromatic heterocycles. The predicted octanol–water partition coefficient (Wildman–Crippen LogP) is 4.24. The number of aryl methyl sites for hydroxylation is 1. The second-order valence-corrected chi connectivity index (χ2v) is 7.11. The van der Waals surface area contributed by atoms with E-state index in [2.05, 4.69) is 46.3 Å². The van der Waals surface area contributed by atoms with Crippen LogP contribution in [0.1, 0.15) is 35.6 Å². The van der Waals surface area contributed by atoms with Gasteiger partial charge in [-0.3, -0.25) is 10.7 Å². The van der Waals surface area contributed by atoms with Gasteiger partial charge in [0.25, 0.3) is 0 Å². The number of hydrogen-bond donors (Lipinski definition) is 4. The van der Waals surface area contributed by atoms with Crippen LogP contribution in [-0.2, 0) is 13.0 Å². The lowest BCUT2D eigenvalue weighted by Crippen LogP contribution is -2.46. The highest BCUT2D eigenvalue weighted by atomic mass is 16.2. The SMILES string of the molecule is N=C(NCc1cccc2ccccc12)NC(=O)NC1CCCc2ccccc21. The van der Waals surface area contributed by atoms with Gasteiger partial charge >= 0.3 is 6.03 Å². The van der Waals surface area contributed by atoms with Crippen LogP contribution in [0.15, 0.2) is 66.7 Å². The summed E-state index contributed by atoms with van der Waals surface area (Å²) in [6, 6.07) is 22.1. The zero-order valence-electron chi connectivity index (χ0n) is 15.7. The summed E-state index contributed by atoms with van der Waals surface area (Å²) in [4.78, 5) is 12.4. The molecule has 1 atom stereocenters. The molecule has 0 radical (unpaired) electrons. The summed E-state index contributed by atoms with van der Waals surface area (Å²) in [5, 5.41) is 19.0. The molecule has 3 aromatic carbocycles. The minimum absolute atomic E-state index is 0.00387. The van der Waals surface area contributed by atoms with Gasteiger partial charge in [0.05, 0.1) is 6.04 Å². The van der Waals surface area contributed by atoms with E-state index in [1.807, 2.05) is 36.4 Å². The summed E-state index contributed by atoms with van der Waals surface area (Å²) in [6.45, 7) is 0.479. The molecule has 0 bridgehead atoms. The molecule has 0 heterocycles. The highest BCUT2D eigenvalue weighted by Crippen LogP contribution is 2.29. The van der Waals surface area contributed by atoms with E-state index in [1.165, 1.54) is 11.1 Å². The highest BCUT2D eigenvalue weighted by molar-refractivity contribution is 5.95. The summed E-state index contributed by atoms with van der Waals surface area (Å²) >= 11 is 0. The van der Waals surface area contributed by atoms with Crippen molar-refractivity contribution in [2.24, 2.45) is 0 Å².